The Hall–Kier alpha value is -4.02. The third-order valence-electron chi connectivity index (χ3n) is 6.53. The van der Waals surface area contributed by atoms with Crippen LogP contribution >= 0.6 is 11.8 Å². The van der Waals surface area contributed by atoms with Crippen LogP contribution in [0.5, 0.6) is 0 Å². The maximum absolute atomic E-state index is 13.9. The van der Waals surface area contributed by atoms with Gasteiger partial charge in [0.2, 0.25) is 11.8 Å². The predicted molar refractivity (Wildman–Crippen MR) is 152 cm³/mol. The molecule has 0 radical (unpaired) electrons. The molecule has 5 rings (SSSR count). The summed E-state index contributed by atoms with van der Waals surface area (Å²) in [4.78, 5) is 28.1. The zero-order chi connectivity index (χ0) is 28.1. The average Bonchev–Trinajstić information content (AvgIpc) is 3.29. The highest BCUT2D eigenvalue weighted by atomic mass is 32.2. The maximum Gasteiger partial charge on any atom is 0.240 e. The van der Waals surface area contributed by atoms with E-state index in [0.29, 0.717) is 42.3 Å². The largest absolute Gasteiger partial charge is 0.385 e. The lowest BCUT2D eigenvalue weighted by Gasteiger charge is -2.23. The van der Waals surface area contributed by atoms with Crippen molar-refractivity contribution in [3.63, 3.8) is 0 Å². The number of thioether (sulfide) groups is 1. The number of nitrogens with one attached hydrogen (secondary N) is 1. The molecule has 7 nitrogen and oxygen atoms in total. The third-order valence-corrected chi connectivity index (χ3v) is 7.78. The first-order chi connectivity index (χ1) is 19.5. The molecule has 0 saturated heterocycles. The van der Waals surface area contributed by atoms with Crippen molar-refractivity contribution in [3.05, 3.63) is 102 Å². The Morgan fingerprint density at radius 3 is 2.38 bits per heavy atom. The molecule has 1 N–H and O–H groups in total. The van der Waals surface area contributed by atoms with Crippen molar-refractivity contribution in [1.29, 1.82) is 0 Å². The quantitative estimate of drug-likeness (QED) is 0.286. The SMILES string of the molecule is COCCCNC(=O)CN1C(=O)CS[C@@H](c2ccc(F)cc2)c2c(-c3ccccc3)nn(-c3ccc(F)cc3)c21. The minimum absolute atomic E-state index is 0.0886. The fraction of sp³-hybridized carbons (Fsp3) is 0.233. The van der Waals surface area contributed by atoms with Gasteiger partial charge in [-0.15, -0.1) is 11.8 Å². The molecule has 4 aromatic rings. The molecule has 10 heteroatoms. The van der Waals surface area contributed by atoms with Crippen molar-refractivity contribution in [2.24, 2.45) is 0 Å². The second kappa shape index (κ2) is 12.4. The summed E-state index contributed by atoms with van der Waals surface area (Å²) in [6.45, 7) is 0.679. The topological polar surface area (TPSA) is 76.5 Å². The lowest BCUT2D eigenvalue weighted by molar-refractivity contribution is -0.122. The van der Waals surface area contributed by atoms with Gasteiger partial charge in [0.1, 0.15) is 24.0 Å². The summed E-state index contributed by atoms with van der Waals surface area (Å²) in [5.74, 6) is -0.865. The molecular formula is C30H28F2N4O3S. The van der Waals surface area contributed by atoms with E-state index in [9.17, 15) is 18.4 Å². The van der Waals surface area contributed by atoms with Crippen molar-refractivity contribution in [2.45, 2.75) is 11.7 Å². The second-order valence-corrected chi connectivity index (χ2v) is 10.4. The first-order valence-corrected chi connectivity index (χ1v) is 13.9. The number of halogens is 2. The van der Waals surface area contributed by atoms with Gasteiger partial charge in [0, 0.05) is 31.4 Å². The van der Waals surface area contributed by atoms with E-state index >= 15 is 0 Å². The van der Waals surface area contributed by atoms with E-state index in [1.54, 1.807) is 36.1 Å². The average molecular weight is 563 g/mol. The molecule has 0 spiro atoms. The van der Waals surface area contributed by atoms with Crippen LogP contribution in [0.3, 0.4) is 0 Å². The fourth-order valence-corrected chi connectivity index (χ4v) is 5.83. The molecule has 40 heavy (non-hydrogen) atoms. The van der Waals surface area contributed by atoms with Crippen molar-refractivity contribution in [2.75, 3.05) is 37.5 Å². The Morgan fingerprint density at radius 2 is 1.70 bits per heavy atom. The lowest BCUT2D eigenvalue weighted by atomic mass is 9.99. The number of hydrogen-bond acceptors (Lipinski definition) is 5. The van der Waals surface area contributed by atoms with E-state index in [0.717, 1.165) is 11.1 Å². The number of nitrogens with zero attached hydrogens (tertiary/aromatic N) is 3. The van der Waals surface area contributed by atoms with Crippen LogP contribution in [0.25, 0.3) is 16.9 Å². The van der Waals surface area contributed by atoms with Crippen LogP contribution in [0.4, 0.5) is 14.6 Å². The standard InChI is InChI=1S/C30H28F2N4O3S/c1-39-17-5-16-33-25(37)18-35-26(38)19-40-29(21-8-10-22(31)11-9-21)27-28(20-6-3-2-4-7-20)34-36(30(27)35)24-14-12-23(32)13-15-24/h2-4,6-15,29H,5,16-19H2,1H3,(H,33,37)/t29-/m0/s1. The van der Waals surface area contributed by atoms with Crippen molar-refractivity contribution in [3.8, 4) is 16.9 Å². The Balaban J connectivity index is 1.70. The van der Waals surface area contributed by atoms with Crippen LogP contribution in [0, 0.1) is 11.6 Å². The number of carbonyl (C=O) groups excluding carboxylic acids is 2. The van der Waals surface area contributed by atoms with E-state index in [2.05, 4.69) is 5.32 Å². The van der Waals surface area contributed by atoms with Gasteiger partial charge in [0.15, 0.2) is 0 Å². The zero-order valence-corrected chi connectivity index (χ0v) is 22.7. The van der Waals surface area contributed by atoms with Gasteiger partial charge in [-0.05, 0) is 48.4 Å². The van der Waals surface area contributed by atoms with Crippen LogP contribution in [0.15, 0.2) is 78.9 Å². The van der Waals surface area contributed by atoms with Gasteiger partial charge in [-0.3, -0.25) is 14.5 Å². The molecule has 1 aromatic heterocycles. The Bertz CT molecular complexity index is 1480. The lowest BCUT2D eigenvalue weighted by Crippen LogP contribution is -2.42. The van der Waals surface area contributed by atoms with Crippen molar-refractivity contribution >= 4 is 29.4 Å². The molecule has 2 amide bonds. The number of hydrogen-bond donors (Lipinski definition) is 1. The van der Waals surface area contributed by atoms with Crippen LogP contribution in [-0.2, 0) is 14.3 Å². The molecule has 3 aromatic carbocycles. The smallest absolute Gasteiger partial charge is 0.240 e. The normalized spacial score (nSPS) is 15.0. The van der Waals surface area contributed by atoms with E-state index in [-0.39, 0.29) is 29.9 Å². The Kier molecular flexibility index (Phi) is 8.57. The summed E-state index contributed by atoms with van der Waals surface area (Å²) < 4.78 is 34.4. The number of methoxy groups -OCH3 is 1. The summed E-state index contributed by atoms with van der Waals surface area (Å²) in [6, 6.07) is 21.5. The molecule has 0 unspecified atom stereocenters. The highest BCUT2D eigenvalue weighted by Gasteiger charge is 2.37. The van der Waals surface area contributed by atoms with Crippen molar-refractivity contribution < 1.29 is 23.1 Å². The number of aromatic nitrogens is 2. The number of anilines is 1. The minimum atomic E-state index is -0.409. The molecule has 0 saturated carbocycles. The van der Waals surface area contributed by atoms with Crippen LogP contribution in [0.1, 0.15) is 22.8 Å². The molecule has 2 heterocycles. The summed E-state index contributed by atoms with van der Waals surface area (Å²) >= 11 is 1.39. The van der Waals surface area contributed by atoms with Gasteiger partial charge in [-0.25, -0.2) is 13.5 Å². The second-order valence-electron chi connectivity index (χ2n) is 9.26. The molecule has 206 valence electrons. The molecule has 1 aliphatic rings. The number of amides is 2. The molecule has 0 fully saturated rings. The van der Waals surface area contributed by atoms with Gasteiger partial charge < -0.3 is 10.1 Å². The fourth-order valence-electron chi connectivity index (χ4n) is 4.64. The zero-order valence-electron chi connectivity index (χ0n) is 21.8. The molecule has 0 bridgehead atoms. The monoisotopic (exact) mass is 562 g/mol. The summed E-state index contributed by atoms with van der Waals surface area (Å²) in [6.07, 6.45) is 0.635. The van der Waals surface area contributed by atoms with E-state index in [4.69, 9.17) is 9.84 Å². The van der Waals surface area contributed by atoms with Crippen LogP contribution in [-0.4, -0.2) is 54.2 Å². The predicted octanol–water partition coefficient (Wildman–Crippen LogP) is 5.14. The van der Waals surface area contributed by atoms with E-state index in [1.807, 2.05) is 30.3 Å². The van der Waals surface area contributed by atoms with Gasteiger partial charge >= 0.3 is 0 Å². The van der Waals surface area contributed by atoms with Crippen LogP contribution in [0.2, 0.25) is 0 Å². The highest BCUT2D eigenvalue weighted by molar-refractivity contribution is 8.00. The molecule has 1 aliphatic heterocycles. The van der Waals surface area contributed by atoms with Gasteiger partial charge in [-0.1, -0.05) is 42.5 Å². The molecular weight excluding hydrogens is 534 g/mol. The highest BCUT2D eigenvalue weighted by Crippen LogP contribution is 2.48. The van der Waals surface area contributed by atoms with E-state index in [1.165, 1.54) is 40.9 Å². The first kappa shape index (κ1) is 27.5. The number of rotatable bonds is 9. The van der Waals surface area contributed by atoms with Gasteiger partial charge in [0.25, 0.3) is 0 Å². The molecule has 1 atom stereocenters. The maximum atomic E-state index is 13.9. The number of fused-ring (bicyclic) bond motifs is 1. The third kappa shape index (κ3) is 5.93. The van der Waals surface area contributed by atoms with E-state index < -0.39 is 11.1 Å². The first-order valence-electron chi connectivity index (χ1n) is 12.8. The Labute approximate surface area is 235 Å². The number of ether oxygens (including phenoxy) is 1. The Morgan fingerprint density at radius 1 is 1.02 bits per heavy atom. The summed E-state index contributed by atoms with van der Waals surface area (Å²) in [5, 5.41) is 7.40. The molecule has 0 aliphatic carbocycles. The number of benzene rings is 3. The summed E-state index contributed by atoms with van der Waals surface area (Å²) in [7, 11) is 1.59. The minimum Gasteiger partial charge on any atom is -0.385 e. The van der Waals surface area contributed by atoms with Gasteiger partial charge in [-0.2, -0.15) is 5.10 Å². The van der Waals surface area contributed by atoms with Gasteiger partial charge in [0.05, 0.1) is 22.4 Å². The van der Waals surface area contributed by atoms with Crippen molar-refractivity contribution in [1.82, 2.24) is 15.1 Å². The van der Waals surface area contributed by atoms with Crippen LogP contribution < -0.4 is 10.2 Å². The number of carbonyl (C=O) groups is 2. The summed E-state index contributed by atoms with van der Waals surface area (Å²) in [5.41, 5.74) is 3.46.